The first kappa shape index (κ1) is 12.8. The van der Waals surface area contributed by atoms with Crippen LogP contribution in [-0.4, -0.2) is 49.3 Å². The van der Waals surface area contributed by atoms with Crippen LogP contribution in [0.1, 0.15) is 10.6 Å². The molecule has 0 bridgehead atoms. The molecule has 1 rings (SSSR count). The smallest absolute Gasteiger partial charge is 0.377 e. The van der Waals surface area contributed by atoms with Gasteiger partial charge in [-0.15, -0.1) is 0 Å². The van der Waals surface area contributed by atoms with Gasteiger partial charge in [0.05, 0.1) is 7.11 Å². The van der Waals surface area contributed by atoms with Gasteiger partial charge in [-0.25, -0.2) is 9.52 Å². The molecule has 0 aromatic carbocycles. The van der Waals surface area contributed by atoms with Gasteiger partial charge in [0, 0.05) is 25.6 Å². The Morgan fingerprint density at radius 3 is 2.62 bits per heavy atom. The van der Waals surface area contributed by atoms with E-state index >= 15 is 0 Å². The molecule has 0 spiro atoms. The Balaban J connectivity index is 2.85. The zero-order valence-corrected chi connectivity index (χ0v) is 10.4. The molecular formula is C6H10N4O4S2. The monoisotopic (exact) mass is 266 g/mol. The lowest BCUT2D eigenvalue weighted by Gasteiger charge is -2.10. The summed E-state index contributed by atoms with van der Waals surface area (Å²) in [4.78, 5) is 14.7. The van der Waals surface area contributed by atoms with Crippen LogP contribution in [0, 0.1) is 0 Å². The Kier molecular flexibility index (Phi) is 3.78. The summed E-state index contributed by atoms with van der Waals surface area (Å²) in [5, 5.41) is 0.00843. The van der Waals surface area contributed by atoms with Gasteiger partial charge >= 0.3 is 16.2 Å². The summed E-state index contributed by atoms with van der Waals surface area (Å²) < 4.78 is 33.9. The molecule has 16 heavy (non-hydrogen) atoms. The maximum Gasteiger partial charge on any atom is 0.377 e. The van der Waals surface area contributed by atoms with Crippen molar-refractivity contribution >= 4 is 32.8 Å². The molecule has 1 aromatic heterocycles. The Labute approximate surface area is 96.6 Å². The van der Waals surface area contributed by atoms with Gasteiger partial charge in [-0.05, 0) is 0 Å². The van der Waals surface area contributed by atoms with E-state index in [2.05, 4.69) is 18.8 Å². The predicted molar refractivity (Wildman–Crippen MR) is 57.5 cm³/mol. The van der Waals surface area contributed by atoms with Gasteiger partial charge in [-0.3, -0.25) is 0 Å². The lowest BCUT2D eigenvalue weighted by molar-refractivity contribution is 0.0588. The van der Waals surface area contributed by atoms with Crippen molar-refractivity contribution in [1.29, 1.82) is 0 Å². The summed E-state index contributed by atoms with van der Waals surface area (Å²) >= 11 is 0.759. The minimum absolute atomic E-state index is 0.00843. The summed E-state index contributed by atoms with van der Waals surface area (Å²) in [5.74, 6) is -0.893. The highest BCUT2D eigenvalue weighted by Crippen LogP contribution is 2.13. The first-order valence-corrected chi connectivity index (χ1v) is 6.20. The number of carbonyl (C=O) groups is 1. The Morgan fingerprint density at radius 1 is 1.50 bits per heavy atom. The molecule has 0 aliphatic rings. The molecule has 0 radical (unpaired) electrons. The molecule has 0 unspecified atom stereocenters. The number of esters is 1. The fraction of sp³-hybridized carbons (Fsp3) is 0.500. The van der Waals surface area contributed by atoms with Crippen molar-refractivity contribution in [3.05, 3.63) is 5.82 Å². The van der Waals surface area contributed by atoms with Gasteiger partial charge in [0.2, 0.25) is 5.13 Å². The first-order chi connectivity index (χ1) is 7.36. The van der Waals surface area contributed by atoms with E-state index in [9.17, 15) is 13.2 Å². The number of hydrogen-bond donors (Lipinski definition) is 1. The topological polar surface area (TPSA) is 101 Å². The number of anilines is 1. The molecule has 0 atom stereocenters. The summed E-state index contributed by atoms with van der Waals surface area (Å²) in [5.41, 5.74) is 0. The predicted octanol–water partition coefficient (Wildman–Crippen LogP) is -0.457. The Morgan fingerprint density at radius 2 is 2.12 bits per heavy atom. The molecule has 1 aromatic rings. The van der Waals surface area contributed by atoms with Crippen LogP contribution in [0.5, 0.6) is 0 Å². The number of rotatable bonds is 4. The van der Waals surface area contributed by atoms with Crippen molar-refractivity contribution in [3.63, 3.8) is 0 Å². The number of aromatic nitrogens is 2. The van der Waals surface area contributed by atoms with Crippen molar-refractivity contribution in [3.8, 4) is 0 Å². The quantitative estimate of drug-likeness (QED) is 0.740. The van der Waals surface area contributed by atoms with Crippen molar-refractivity contribution in [2.75, 3.05) is 25.9 Å². The highest BCUT2D eigenvalue weighted by Gasteiger charge is 2.18. The van der Waals surface area contributed by atoms with Crippen LogP contribution in [0.4, 0.5) is 5.13 Å². The average Bonchev–Trinajstić information content (AvgIpc) is 2.64. The lowest BCUT2D eigenvalue weighted by Crippen LogP contribution is -2.28. The van der Waals surface area contributed by atoms with Crippen molar-refractivity contribution in [2.24, 2.45) is 0 Å². The Hall–Kier alpha value is -1.26. The highest BCUT2D eigenvalue weighted by molar-refractivity contribution is 7.90. The first-order valence-electron chi connectivity index (χ1n) is 3.99. The van der Waals surface area contributed by atoms with E-state index in [1.54, 1.807) is 0 Å². The maximum atomic E-state index is 11.4. The number of ether oxygens (including phenoxy) is 1. The average molecular weight is 266 g/mol. The molecule has 1 heterocycles. The van der Waals surface area contributed by atoms with Crippen molar-refractivity contribution < 1.29 is 17.9 Å². The van der Waals surface area contributed by atoms with E-state index < -0.39 is 16.2 Å². The molecule has 10 heteroatoms. The molecule has 8 nitrogen and oxygen atoms in total. The molecule has 1 N–H and O–H groups in total. The van der Waals surface area contributed by atoms with E-state index in [0.29, 0.717) is 0 Å². The van der Waals surface area contributed by atoms with E-state index in [-0.39, 0.29) is 11.0 Å². The minimum atomic E-state index is -3.63. The summed E-state index contributed by atoms with van der Waals surface area (Å²) in [6.07, 6.45) is 0. The van der Waals surface area contributed by atoms with Crippen LogP contribution in [0.25, 0.3) is 0 Å². The van der Waals surface area contributed by atoms with E-state index in [1.165, 1.54) is 21.2 Å². The third kappa shape index (κ3) is 2.87. The summed E-state index contributed by atoms with van der Waals surface area (Å²) in [7, 11) is 0.288. The van der Waals surface area contributed by atoms with Crippen LogP contribution in [0.3, 0.4) is 0 Å². The van der Waals surface area contributed by atoms with E-state index in [4.69, 9.17) is 0 Å². The largest absolute Gasteiger partial charge is 0.463 e. The molecule has 90 valence electrons. The van der Waals surface area contributed by atoms with Gasteiger partial charge in [0.15, 0.2) is 0 Å². The van der Waals surface area contributed by atoms with Crippen molar-refractivity contribution in [2.45, 2.75) is 0 Å². The van der Waals surface area contributed by atoms with E-state index in [0.717, 1.165) is 15.8 Å². The second kappa shape index (κ2) is 4.72. The molecule has 0 saturated heterocycles. The molecule has 0 saturated carbocycles. The second-order valence-electron chi connectivity index (χ2n) is 2.80. The zero-order chi connectivity index (χ0) is 12.3. The molecule has 0 amide bonds. The fourth-order valence-corrected chi connectivity index (χ4v) is 1.97. The standard InChI is InChI=1S/C6H10N4O4S2/c1-10(2)16(12,13)9-6-7-4(8-15-6)5(11)14-3/h1-3H3,(H,7,8,9). The van der Waals surface area contributed by atoms with Crippen LogP contribution in [0.15, 0.2) is 0 Å². The number of methoxy groups -OCH3 is 1. The zero-order valence-electron chi connectivity index (χ0n) is 8.79. The van der Waals surface area contributed by atoms with E-state index in [1.807, 2.05) is 0 Å². The summed E-state index contributed by atoms with van der Waals surface area (Å²) in [6.45, 7) is 0. The maximum absolute atomic E-state index is 11.4. The highest BCUT2D eigenvalue weighted by atomic mass is 32.2. The van der Waals surface area contributed by atoms with Crippen LogP contribution >= 0.6 is 11.5 Å². The van der Waals surface area contributed by atoms with Crippen molar-refractivity contribution in [1.82, 2.24) is 13.7 Å². The van der Waals surface area contributed by atoms with Crippen LogP contribution < -0.4 is 4.72 Å². The molecular weight excluding hydrogens is 256 g/mol. The fourth-order valence-electron chi connectivity index (χ4n) is 0.641. The third-order valence-corrected chi connectivity index (χ3v) is 3.66. The van der Waals surface area contributed by atoms with Crippen LogP contribution in [0.2, 0.25) is 0 Å². The minimum Gasteiger partial charge on any atom is -0.463 e. The molecule has 0 aliphatic heterocycles. The second-order valence-corrected chi connectivity index (χ2v) is 5.44. The van der Waals surface area contributed by atoms with Gasteiger partial charge in [0.1, 0.15) is 0 Å². The Bertz CT molecular complexity index is 480. The third-order valence-electron chi connectivity index (χ3n) is 1.49. The van der Waals surface area contributed by atoms with Gasteiger partial charge in [0.25, 0.3) is 5.82 Å². The molecule has 0 aliphatic carbocycles. The number of hydrogen-bond acceptors (Lipinski definition) is 7. The summed E-state index contributed by atoms with van der Waals surface area (Å²) in [6, 6.07) is 0. The molecule has 0 fully saturated rings. The van der Waals surface area contributed by atoms with Gasteiger partial charge in [-0.2, -0.15) is 22.1 Å². The number of nitrogens with zero attached hydrogens (tertiary/aromatic N) is 3. The van der Waals surface area contributed by atoms with Gasteiger partial charge in [-0.1, -0.05) is 0 Å². The SMILES string of the molecule is COC(=O)c1nsc(NS(=O)(=O)N(C)C)n1. The van der Waals surface area contributed by atoms with Crippen LogP contribution in [-0.2, 0) is 14.9 Å². The lowest BCUT2D eigenvalue weighted by atomic mass is 10.6. The normalized spacial score (nSPS) is 11.5. The van der Waals surface area contributed by atoms with Gasteiger partial charge < -0.3 is 4.74 Å². The number of carbonyl (C=O) groups excluding carboxylic acids is 1. The number of nitrogens with one attached hydrogen (secondary N) is 1.